The highest BCUT2D eigenvalue weighted by Crippen LogP contribution is 2.23. The van der Waals surface area contributed by atoms with Crippen LogP contribution in [0.4, 0.5) is 5.69 Å². The quantitative estimate of drug-likeness (QED) is 0.769. The van der Waals surface area contributed by atoms with Crippen molar-refractivity contribution >= 4 is 37.5 Å². The number of nitrogens with one attached hydrogen (secondary N) is 1. The van der Waals surface area contributed by atoms with Gasteiger partial charge in [0.1, 0.15) is 5.75 Å². The van der Waals surface area contributed by atoms with Gasteiger partial charge < -0.3 is 10.1 Å². The van der Waals surface area contributed by atoms with Crippen molar-refractivity contribution < 1.29 is 17.9 Å². The monoisotopic (exact) mass is 426 g/mol. The first-order valence-electron chi connectivity index (χ1n) is 7.41. The molecule has 2 aromatic carbocycles. The highest BCUT2D eigenvalue weighted by atomic mass is 79.9. The van der Waals surface area contributed by atoms with E-state index in [1.165, 1.54) is 26.2 Å². The summed E-state index contributed by atoms with van der Waals surface area (Å²) in [5.41, 5.74) is 1.31. The van der Waals surface area contributed by atoms with Crippen LogP contribution in [0.3, 0.4) is 0 Å². The van der Waals surface area contributed by atoms with Crippen LogP contribution < -0.4 is 10.1 Å². The van der Waals surface area contributed by atoms with E-state index in [0.717, 1.165) is 8.78 Å². The van der Waals surface area contributed by atoms with Gasteiger partial charge in [-0.15, -0.1) is 0 Å². The number of amides is 1. The van der Waals surface area contributed by atoms with E-state index >= 15 is 0 Å². The Morgan fingerprint density at radius 1 is 1.16 bits per heavy atom. The average Bonchev–Trinajstić information content (AvgIpc) is 2.55. The van der Waals surface area contributed by atoms with Crippen LogP contribution in [0.1, 0.15) is 5.56 Å². The first-order chi connectivity index (χ1) is 11.7. The maximum Gasteiger partial charge on any atom is 0.262 e. The second kappa shape index (κ2) is 7.99. The van der Waals surface area contributed by atoms with Gasteiger partial charge in [-0.05, 0) is 55.0 Å². The van der Waals surface area contributed by atoms with Gasteiger partial charge in [0.05, 0.1) is 4.90 Å². The fourth-order valence-electron chi connectivity index (χ4n) is 2.03. The minimum absolute atomic E-state index is 0.170. The normalized spacial score (nSPS) is 11.4. The summed E-state index contributed by atoms with van der Waals surface area (Å²) in [5, 5.41) is 2.72. The molecule has 0 saturated carbocycles. The molecule has 0 heterocycles. The van der Waals surface area contributed by atoms with E-state index in [1.54, 1.807) is 25.1 Å². The summed E-state index contributed by atoms with van der Waals surface area (Å²) in [7, 11) is -0.550. The van der Waals surface area contributed by atoms with Crippen LogP contribution in [0, 0.1) is 6.92 Å². The molecule has 0 aliphatic rings. The lowest BCUT2D eigenvalue weighted by Crippen LogP contribution is -2.22. The van der Waals surface area contributed by atoms with Crippen molar-refractivity contribution in [2.75, 3.05) is 26.0 Å². The van der Waals surface area contributed by atoms with Gasteiger partial charge in [0, 0.05) is 24.3 Å². The number of ether oxygens (including phenoxy) is 1. The van der Waals surface area contributed by atoms with E-state index in [0.29, 0.717) is 17.0 Å². The fraction of sp³-hybridized carbons (Fsp3) is 0.235. The molecule has 2 rings (SSSR count). The number of benzene rings is 2. The van der Waals surface area contributed by atoms with Gasteiger partial charge in [-0.1, -0.05) is 15.9 Å². The molecular weight excluding hydrogens is 408 g/mol. The van der Waals surface area contributed by atoms with Crippen LogP contribution in [0.25, 0.3) is 0 Å². The van der Waals surface area contributed by atoms with Gasteiger partial charge in [0.25, 0.3) is 5.91 Å². The molecule has 0 fully saturated rings. The van der Waals surface area contributed by atoms with E-state index in [4.69, 9.17) is 4.74 Å². The molecule has 0 bridgehead atoms. The zero-order chi connectivity index (χ0) is 18.6. The van der Waals surface area contributed by atoms with Crippen molar-refractivity contribution in [3.8, 4) is 5.75 Å². The Labute approximate surface area is 156 Å². The Bertz CT molecular complexity index is 865. The third-order valence-corrected chi connectivity index (χ3v) is 5.75. The van der Waals surface area contributed by atoms with Crippen molar-refractivity contribution in [2.24, 2.45) is 0 Å². The minimum Gasteiger partial charge on any atom is -0.483 e. The van der Waals surface area contributed by atoms with Crippen molar-refractivity contribution in [1.29, 1.82) is 0 Å². The lowest BCUT2D eigenvalue weighted by molar-refractivity contribution is -0.118. The zero-order valence-electron chi connectivity index (χ0n) is 14.1. The Morgan fingerprint density at radius 2 is 1.80 bits per heavy atom. The smallest absolute Gasteiger partial charge is 0.262 e. The third kappa shape index (κ3) is 5.04. The first-order valence-corrected chi connectivity index (χ1v) is 9.65. The average molecular weight is 427 g/mol. The number of nitrogens with zero attached hydrogens (tertiary/aromatic N) is 1. The molecule has 0 saturated heterocycles. The van der Waals surface area contributed by atoms with E-state index in [-0.39, 0.29) is 17.4 Å². The molecule has 8 heteroatoms. The summed E-state index contributed by atoms with van der Waals surface area (Å²) >= 11 is 3.33. The summed E-state index contributed by atoms with van der Waals surface area (Å²) < 4.78 is 31.8. The maximum absolute atomic E-state index is 12.1. The van der Waals surface area contributed by atoms with Crippen molar-refractivity contribution in [3.63, 3.8) is 0 Å². The van der Waals surface area contributed by atoms with Gasteiger partial charge in [0.2, 0.25) is 10.0 Å². The van der Waals surface area contributed by atoms with Crippen LogP contribution in [-0.2, 0) is 14.8 Å². The lowest BCUT2D eigenvalue weighted by Gasteiger charge is -2.14. The number of carbonyl (C=O) groups is 1. The number of carbonyl (C=O) groups excluding carboxylic acids is 1. The number of anilines is 1. The number of hydrogen-bond acceptors (Lipinski definition) is 4. The molecule has 0 unspecified atom stereocenters. The SMILES string of the molecule is Cc1cc(S(=O)(=O)N(C)C)ccc1OCC(=O)Nc1ccc(Br)cc1. The second-order valence-corrected chi connectivity index (χ2v) is 8.63. The summed E-state index contributed by atoms with van der Waals surface area (Å²) in [5.74, 6) is 0.162. The zero-order valence-corrected chi connectivity index (χ0v) is 16.5. The lowest BCUT2D eigenvalue weighted by atomic mass is 10.2. The molecule has 2 aromatic rings. The maximum atomic E-state index is 12.1. The van der Waals surface area contributed by atoms with Crippen molar-refractivity contribution in [2.45, 2.75) is 11.8 Å². The summed E-state index contributed by atoms with van der Waals surface area (Å²) in [6.07, 6.45) is 0. The minimum atomic E-state index is -3.50. The molecule has 1 amide bonds. The van der Waals surface area contributed by atoms with Crippen LogP contribution in [0.5, 0.6) is 5.75 Å². The number of sulfonamides is 1. The molecule has 25 heavy (non-hydrogen) atoms. The molecule has 0 aromatic heterocycles. The summed E-state index contributed by atoms with van der Waals surface area (Å²) in [4.78, 5) is 12.1. The van der Waals surface area contributed by atoms with Crippen molar-refractivity contribution in [3.05, 3.63) is 52.5 Å². The molecule has 6 nitrogen and oxygen atoms in total. The number of halogens is 1. The Kier molecular flexibility index (Phi) is 6.21. The molecule has 134 valence electrons. The summed E-state index contributed by atoms with van der Waals surface area (Å²) in [6.45, 7) is 1.56. The summed E-state index contributed by atoms with van der Waals surface area (Å²) in [6, 6.07) is 11.7. The van der Waals surface area contributed by atoms with Gasteiger partial charge in [-0.2, -0.15) is 0 Å². The standard InChI is InChI=1S/C17H19BrN2O4S/c1-12-10-15(25(22,23)20(2)3)8-9-16(12)24-11-17(21)19-14-6-4-13(18)5-7-14/h4-10H,11H2,1-3H3,(H,19,21). The Morgan fingerprint density at radius 3 is 2.36 bits per heavy atom. The number of hydrogen-bond donors (Lipinski definition) is 1. The van der Waals surface area contributed by atoms with Crippen molar-refractivity contribution in [1.82, 2.24) is 4.31 Å². The topological polar surface area (TPSA) is 75.7 Å². The van der Waals surface area contributed by atoms with E-state index in [2.05, 4.69) is 21.2 Å². The highest BCUT2D eigenvalue weighted by Gasteiger charge is 2.18. The first kappa shape index (κ1) is 19.4. The van der Waals surface area contributed by atoms with Gasteiger partial charge in [-0.3, -0.25) is 4.79 Å². The number of aryl methyl sites for hydroxylation is 1. The van der Waals surface area contributed by atoms with E-state index < -0.39 is 10.0 Å². The van der Waals surface area contributed by atoms with E-state index in [1.807, 2.05) is 12.1 Å². The predicted molar refractivity (Wildman–Crippen MR) is 100 cm³/mol. The molecule has 0 spiro atoms. The van der Waals surface area contributed by atoms with Gasteiger partial charge in [0.15, 0.2) is 6.61 Å². The Hall–Kier alpha value is -1.90. The van der Waals surface area contributed by atoms with Gasteiger partial charge in [-0.25, -0.2) is 12.7 Å². The highest BCUT2D eigenvalue weighted by molar-refractivity contribution is 9.10. The van der Waals surface area contributed by atoms with Crippen LogP contribution in [0.2, 0.25) is 0 Å². The Balaban J connectivity index is 2.01. The van der Waals surface area contributed by atoms with Crippen LogP contribution in [0.15, 0.2) is 51.8 Å². The molecule has 0 atom stereocenters. The second-order valence-electron chi connectivity index (χ2n) is 5.56. The van der Waals surface area contributed by atoms with Gasteiger partial charge >= 0.3 is 0 Å². The predicted octanol–water partition coefficient (Wildman–Crippen LogP) is 3.03. The van der Waals surface area contributed by atoms with Crippen LogP contribution in [-0.4, -0.2) is 39.3 Å². The molecule has 0 radical (unpaired) electrons. The van der Waals surface area contributed by atoms with E-state index in [9.17, 15) is 13.2 Å². The molecular formula is C17H19BrN2O4S. The molecule has 0 aliphatic heterocycles. The third-order valence-electron chi connectivity index (χ3n) is 3.41. The molecule has 1 N–H and O–H groups in total. The van der Waals surface area contributed by atoms with Crippen LogP contribution >= 0.6 is 15.9 Å². The number of rotatable bonds is 6. The largest absolute Gasteiger partial charge is 0.483 e. The molecule has 0 aliphatic carbocycles. The fourth-order valence-corrected chi connectivity index (χ4v) is 3.28.